The van der Waals surface area contributed by atoms with Gasteiger partial charge in [0, 0.05) is 33.4 Å². The molecule has 0 aliphatic carbocycles. The van der Waals surface area contributed by atoms with Crippen LogP contribution in [0.3, 0.4) is 0 Å². The minimum Gasteiger partial charge on any atom is -0.390 e. The summed E-state index contributed by atoms with van der Waals surface area (Å²) in [5, 5.41) is 2.85. The normalized spacial score (nSPS) is 12.2. The van der Waals surface area contributed by atoms with Crippen LogP contribution in [0.25, 0.3) is 21.8 Å². The summed E-state index contributed by atoms with van der Waals surface area (Å²) in [5.41, 5.74) is 14.8. The summed E-state index contributed by atoms with van der Waals surface area (Å²) >= 11 is 6.12. The van der Waals surface area contributed by atoms with Crippen molar-refractivity contribution in [3.05, 3.63) is 40.9 Å². The number of halogens is 1. The molecule has 0 saturated heterocycles. The average Bonchev–Trinajstić information content (AvgIpc) is 2.86. The van der Waals surface area contributed by atoms with E-state index in [0.29, 0.717) is 11.6 Å². The van der Waals surface area contributed by atoms with Gasteiger partial charge in [0.1, 0.15) is 0 Å². The lowest BCUT2D eigenvalue weighted by molar-refractivity contribution is 0.977. The van der Waals surface area contributed by atoms with Gasteiger partial charge in [0.25, 0.3) is 0 Å². The molecule has 2 aromatic carbocycles. The van der Waals surface area contributed by atoms with E-state index >= 15 is 0 Å². The number of fused-ring (bicyclic) bond motifs is 3. The fourth-order valence-corrected chi connectivity index (χ4v) is 2.82. The van der Waals surface area contributed by atoms with Gasteiger partial charge in [-0.25, -0.2) is 4.99 Å². The predicted octanol–water partition coefficient (Wildman–Crippen LogP) is 3.12. The minimum absolute atomic E-state index is 0.623. The molecule has 0 aliphatic heterocycles. The zero-order valence-corrected chi connectivity index (χ0v) is 12.6. The molecule has 0 unspecified atom stereocenters. The zero-order valence-electron chi connectivity index (χ0n) is 11.9. The highest BCUT2D eigenvalue weighted by Gasteiger charge is 2.10. The Morgan fingerprint density at radius 2 is 1.95 bits per heavy atom. The molecule has 5 N–H and O–H groups in total. The zero-order chi connectivity index (χ0) is 15.5. The van der Waals surface area contributed by atoms with Crippen molar-refractivity contribution in [2.75, 3.05) is 6.54 Å². The van der Waals surface area contributed by atoms with Crippen LogP contribution in [0.2, 0.25) is 5.02 Å². The topological polar surface area (TPSA) is 92.5 Å². The Morgan fingerprint density at radius 1 is 1.09 bits per heavy atom. The van der Waals surface area contributed by atoms with Gasteiger partial charge in [0.2, 0.25) is 0 Å². The second kappa shape index (κ2) is 6.07. The molecule has 0 fully saturated rings. The summed E-state index contributed by atoms with van der Waals surface area (Å²) in [5.74, 6) is 0. The fraction of sp³-hybridized carbons (Fsp3) is 0.125. The second-order valence-corrected chi connectivity index (χ2v) is 5.36. The van der Waals surface area contributed by atoms with Crippen molar-refractivity contribution < 1.29 is 0 Å². The Balaban J connectivity index is 2.24. The van der Waals surface area contributed by atoms with Crippen LogP contribution in [0.5, 0.6) is 0 Å². The van der Waals surface area contributed by atoms with E-state index in [9.17, 15) is 0 Å². The monoisotopic (exact) mass is 313 g/mol. The van der Waals surface area contributed by atoms with Gasteiger partial charge >= 0.3 is 0 Å². The molecule has 3 aromatic rings. The number of nitrogens with zero attached hydrogens (tertiary/aromatic N) is 2. The summed E-state index contributed by atoms with van der Waals surface area (Å²) in [4.78, 5) is 11.7. The van der Waals surface area contributed by atoms with Crippen molar-refractivity contribution in [2.24, 2.45) is 21.5 Å². The summed E-state index contributed by atoms with van der Waals surface area (Å²) in [6, 6.07) is 9.81. The molecule has 0 atom stereocenters. The number of aromatic nitrogens is 1. The average molecular weight is 314 g/mol. The van der Waals surface area contributed by atoms with Crippen LogP contribution >= 0.6 is 11.6 Å². The van der Waals surface area contributed by atoms with E-state index in [4.69, 9.17) is 23.1 Å². The molecule has 0 saturated carbocycles. The van der Waals surface area contributed by atoms with E-state index in [2.05, 4.69) is 15.0 Å². The van der Waals surface area contributed by atoms with Crippen LogP contribution in [0.15, 0.2) is 40.3 Å². The Morgan fingerprint density at radius 3 is 2.73 bits per heavy atom. The molecular formula is C16H16ClN5. The van der Waals surface area contributed by atoms with E-state index < -0.39 is 0 Å². The van der Waals surface area contributed by atoms with Gasteiger partial charge in [-0.3, -0.25) is 4.99 Å². The van der Waals surface area contributed by atoms with Crippen LogP contribution in [0, 0.1) is 0 Å². The first-order chi connectivity index (χ1) is 10.7. The number of nitrogens with two attached hydrogens (primary N) is 2. The number of H-pyrrole nitrogens is 1. The molecule has 112 valence electrons. The number of benzene rings is 2. The first-order valence-corrected chi connectivity index (χ1v) is 7.29. The number of hydrogen-bond acceptors (Lipinski definition) is 2. The van der Waals surface area contributed by atoms with Crippen molar-refractivity contribution >= 4 is 51.8 Å². The molecule has 6 heteroatoms. The summed E-state index contributed by atoms with van der Waals surface area (Å²) < 4.78 is 0. The van der Waals surface area contributed by atoms with Crippen LogP contribution in [0.1, 0.15) is 5.56 Å². The molecule has 5 nitrogen and oxygen atoms in total. The van der Waals surface area contributed by atoms with Crippen LogP contribution in [0.4, 0.5) is 5.69 Å². The minimum atomic E-state index is 0.623. The Labute approximate surface area is 132 Å². The van der Waals surface area contributed by atoms with Crippen molar-refractivity contribution in [1.29, 1.82) is 0 Å². The van der Waals surface area contributed by atoms with E-state index in [1.54, 1.807) is 0 Å². The lowest BCUT2D eigenvalue weighted by Gasteiger charge is -2.04. The number of aliphatic imine (C=N–C) groups is 2. The van der Waals surface area contributed by atoms with E-state index in [0.717, 1.165) is 39.5 Å². The second-order valence-electron chi connectivity index (χ2n) is 4.93. The summed E-state index contributed by atoms with van der Waals surface area (Å²) in [6.45, 7) is 0.623. The van der Waals surface area contributed by atoms with Gasteiger partial charge in [-0.05, 0) is 42.3 Å². The van der Waals surface area contributed by atoms with Gasteiger partial charge in [0.05, 0.1) is 18.4 Å². The van der Waals surface area contributed by atoms with Gasteiger partial charge in [-0.2, -0.15) is 0 Å². The van der Waals surface area contributed by atoms with Crippen molar-refractivity contribution in [3.63, 3.8) is 0 Å². The van der Waals surface area contributed by atoms with Crippen molar-refractivity contribution in [2.45, 2.75) is 6.42 Å². The molecule has 0 amide bonds. The summed E-state index contributed by atoms with van der Waals surface area (Å²) in [6.07, 6.45) is 3.38. The number of nitrogens with one attached hydrogen (secondary N) is 1. The van der Waals surface area contributed by atoms with E-state index in [1.165, 1.54) is 12.7 Å². The maximum atomic E-state index is 6.12. The molecule has 0 bridgehead atoms. The van der Waals surface area contributed by atoms with Crippen LogP contribution in [-0.4, -0.2) is 24.2 Å². The Hall–Kier alpha value is -2.53. The van der Waals surface area contributed by atoms with Crippen molar-refractivity contribution in [3.8, 4) is 0 Å². The first kappa shape index (κ1) is 14.4. The fourth-order valence-electron chi connectivity index (χ4n) is 2.65. The van der Waals surface area contributed by atoms with Crippen LogP contribution < -0.4 is 11.5 Å². The first-order valence-electron chi connectivity index (χ1n) is 6.91. The molecule has 1 heterocycles. The third kappa shape index (κ3) is 2.63. The molecule has 1 aromatic heterocycles. The third-order valence-electron chi connectivity index (χ3n) is 3.58. The largest absolute Gasteiger partial charge is 0.390 e. The third-order valence-corrected chi connectivity index (χ3v) is 3.81. The molecule has 0 radical (unpaired) electrons. The molecule has 22 heavy (non-hydrogen) atoms. The van der Waals surface area contributed by atoms with Gasteiger partial charge < -0.3 is 16.5 Å². The Bertz CT molecular complexity index is 879. The quantitative estimate of drug-likeness (QED) is 0.510. The standard InChI is InChI=1S/C16H16ClN5/c17-11-1-2-15-13(6-11)14-7-12(21-9-19)5-10(16(14)22-15)3-4-20-8-18/h1-2,5-9,22H,3-4H2,(H2,18,20)(H2,19,21). The highest BCUT2D eigenvalue weighted by atomic mass is 35.5. The molecule has 3 rings (SSSR count). The SMILES string of the molecule is NC=NCCc1cc(N=CN)cc2c1[nH]c1ccc(Cl)cc12. The maximum absolute atomic E-state index is 6.12. The number of rotatable bonds is 4. The molecule has 0 aliphatic rings. The molecule has 0 spiro atoms. The number of aromatic amines is 1. The summed E-state index contributed by atoms with van der Waals surface area (Å²) in [7, 11) is 0. The smallest absolute Gasteiger partial charge is 0.0860 e. The van der Waals surface area contributed by atoms with Crippen LogP contribution in [-0.2, 0) is 6.42 Å². The van der Waals surface area contributed by atoms with Gasteiger partial charge in [-0.1, -0.05) is 11.6 Å². The van der Waals surface area contributed by atoms with Gasteiger partial charge in [0.15, 0.2) is 0 Å². The van der Waals surface area contributed by atoms with E-state index in [1.807, 2.05) is 30.3 Å². The molecular weight excluding hydrogens is 298 g/mol. The lowest BCUT2D eigenvalue weighted by Crippen LogP contribution is -1.95. The van der Waals surface area contributed by atoms with E-state index in [-0.39, 0.29) is 0 Å². The van der Waals surface area contributed by atoms with Crippen molar-refractivity contribution in [1.82, 2.24) is 4.98 Å². The maximum Gasteiger partial charge on any atom is 0.0860 e. The Kier molecular flexibility index (Phi) is 3.98. The van der Waals surface area contributed by atoms with Gasteiger partial charge in [-0.15, -0.1) is 0 Å². The number of hydrogen-bond donors (Lipinski definition) is 3. The highest BCUT2D eigenvalue weighted by Crippen LogP contribution is 2.33. The highest BCUT2D eigenvalue weighted by molar-refractivity contribution is 6.31. The predicted molar refractivity (Wildman–Crippen MR) is 94.4 cm³/mol. The lowest BCUT2D eigenvalue weighted by atomic mass is 10.1.